The van der Waals surface area contributed by atoms with E-state index in [-0.39, 0.29) is 18.0 Å². The van der Waals surface area contributed by atoms with Crippen molar-refractivity contribution in [3.8, 4) is 10.4 Å². The van der Waals surface area contributed by atoms with Gasteiger partial charge in [0, 0.05) is 21.5 Å². The smallest absolute Gasteiger partial charge is 0.263 e. The lowest BCUT2D eigenvalue weighted by molar-refractivity contribution is -0.116. The molecule has 5 rings (SSSR count). The van der Waals surface area contributed by atoms with Crippen molar-refractivity contribution in [1.82, 2.24) is 14.5 Å². The maximum Gasteiger partial charge on any atom is 0.263 e. The Balaban J connectivity index is 1.43. The van der Waals surface area contributed by atoms with Crippen LogP contribution in [0.4, 0.5) is 5.69 Å². The first kappa shape index (κ1) is 18.2. The SMILES string of the molecule is Cc1nc2ccc(NC(=O)Cn3cnc4scc(-c5cccs5)c4c3=O)cc2s1. The van der Waals surface area contributed by atoms with E-state index in [2.05, 4.69) is 15.3 Å². The monoisotopic (exact) mass is 438 g/mol. The number of amides is 1. The van der Waals surface area contributed by atoms with Crippen molar-refractivity contribution in [2.75, 3.05) is 5.32 Å². The second kappa shape index (κ2) is 7.18. The minimum Gasteiger partial charge on any atom is -0.324 e. The molecule has 0 aliphatic heterocycles. The van der Waals surface area contributed by atoms with Crippen molar-refractivity contribution in [1.29, 1.82) is 0 Å². The van der Waals surface area contributed by atoms with Crippen LogP contribution in [0.1, 0.15) is 5.01 Å². The first-order valence-electron chi connectivity index (χ1n) is 8.76. The highest BCUT2D eigenvalue weighted by molar-refractivity contribution is 7.19. The van der Waals surface area contributed by atoms with Gasteiger partial charge in [-0.1, -0.05) is 6.07 Å². The van der Waals surface area contributed by atoms with Gasteiger partial charge in [0.15, 0.2) is 0 Å². The van der Waals surface area contributed by atoms with E-state index < -0.39 is 0 Å². The Hall–Kier alpha value is -2.88. The number of carbonyl (C=O) groups is 1. The largest absolute Gasteiger partial charge is 0.324 e. The van der Waals surface area contributed by atoms with Crippen molar-refractivity contribution in [2.45, 2.75) is 13.5 Å². The molecule has 1 amide bonds. The minimum absolute atomic E-state index is 0.0960. The number of hydrogen-bond donors (Lipinski definition) is 1. The lowest BCUT2D eigenvalue weighted by Crippen LogP contribution is -2.27. The highest BCUT2D eigenvalue weighted by Crippen LogP contribution is 2.33. The molecule has 0 bridgehead atoms. The molecule has 0 spiro atoms. The van der Waals surface area contributed by atoms with E-state index in [1.165, 1.54) is 22.2 Å². The molecule has 6 nitrogen and oxygen atoms in total. The molecular weight excluding hydrogens is 424 g/mol. The van der Waals surface area contributed by atoms with Crippen molar-refractivity contribution in [2.24, 2.45) is 0 Å². The molecule has 4 heterocycles. The van der Waals surface area contributed by atoms with Crippen LogP contribution in [0.15, 0.2) is 52.2 Å². The highest BCUT2D eigenvalue weighted by Gasteiger charge is 2.15. The van der Waals surface area contributed by atoms with Gasteiger partial charge in [-0.3, -0.25) is 14.2 Å². The summed E-state index contributed by atoms with van der Waals surface area (Å²) in [5.74, 6) is -0.276. The van der Waals surface area contributed by atoms with Crippen LogP contribution in [0, 0.1) is 6.92 Å². The number of fused-ring (bicyclic) bond motifs is 2. The number of carbonyl (C=O) groups excluding carboxylic acids is 1. The van der Waals surface area contributed by atoms with E-state index in [9.17, 15) is 9.59 Å². The predicted molar refractivity (Wildman–Crippen MR) is 120 cm³/mol. The van der Waals surface area contributed by atoms with Crippen LogP contribution in [0.5, 0.6) is 0 Å². The third-order valence-corrected chi connectivity index (χ3v) is 7.16. The van der Waals surface area contributed by atoms with Gasteiger partial charge in [-0.05, 0) is 36.6 Å². The fourth-order valence-electron chi connectivity index (χ4n) is 3.17. The Morgan fingerprint density at radius 1 is 1.24 bits per heavy atom. The predicted octanol–water partition coefficient (Wildman–Crippen LogP) is 4.74. The average Bonchev–Trinajstić information content (AvgIpc) is 3.41. The number of thiazole rings is 1. The summed E-state index contributed by atoms with van der Waals surface area (Å²) < 4.78 is 2.37. The number of benzene rings is 1. The van der Waals surface area contributed by atoms with Gasteiger partial charge in [0.1, 0.15) is 11.4 Å². The Morgan fingerprint density at radius 3 is 2.97 bits per heavy atom. The molecule has 1 N–H and O–H groups in total. The Bertz CT molecular complexity index is 1410. The van der Waals surface area contributed by atoms with Gasteiger partial charge in [-0.25, -0.2) is 9.97 Å². The molecule has 0 saturated heterocycles. The summed E-state index contributed by atoms with van der Waals surface area (Å²) in [5.41, 5.74) is 2.26. The number of nitrogens with zero attached hydrogens (tertiary/aromatic N) is 3. The first-order valence-corrected chi connectivity index (χ1v) is 11.3. The van der Waals surface area contributed by atoms with Gasteiger partial charge in [-0.15, -0.1) is 34.0 Å². The maximum absolute atomic E-state index is 13.0. The van der Waals surface area contributed by atoms with Crippen LogP contribution in [-0.2, 0) is 11.3 Å². The van der Waals surface area contributed by atoms with Gasteiger partial charge in [-0.2, -0.15) is 0 Å². The number of hydrogen-bond acceptors (Lipinski definition) is 7. The third kappa shape index (κ3) is 3.37. The summed E-state index contributed by atoms with van der Waals surface area (Å²) in [4.78, 5) is 36.1. The van der Waals surface area contributed by atoms with Crippen LogP contribution in [0.25, 0.3) is 30.9 Å². The zero-order chi connectivity index (χ0) is 20.0. The number of aromatic nitrogens is 3. The van der Waals surface area contributed by atoms with E-state index in [0.717, 1.165) is 25.7 Å². The first-order chi connectivity index (χ1) is 14.1. The molecule has 144 valence electrons. The summed E-state index contributed by atoms with van der Waals surface area (Å²) in [5, 5.41) is 8.32. The molecule has 0 atom stereocenters. The van der Waals surface area contributed by atoms with Crippen molar-refractivity contribution < 1.29 is 4.79 Å². The van der Waals surface area contributed by atoms with Gasteiger partial charge in [0.25, 0.3) is 5.56 Å². The molecule has 1 aromatic carbocycles. The Kier molecular flexibility index (Phi) is 4.50. The number of nitrogens with one attached hydrogen (secondary N) is 1. The molecule has 0 radical (unpaired) electrons. The maximum atomic E-state index is 13.0. The van der Waals surface area contributed by atoms with Crippen LogP contribution < -0.4 is 10.9 Å². The summed E-state index contributed by atoms with van der Waals surface area (Å²) >= 11 is 4.59. The Morgan fingerprint density at radius 2 is 2.14 bits per heavy atom. The summed E-state index contributed by atoms with van der Waals surface area (Å²) in [6.07, 6.45) is 1.44. The van der Waals surface area contributed by atoms with Crippen molar-refractivity contribution >= 4 is 66.0 Å². The quantitative estimate of drug-likeness (QED) is 0.440. The molecule has 0 unspecified atom stereocenters. The molecule has 0 saturated carbocycles. The zero-order valence-electron chi connectivity index (χ0n) is 15.2. The highest BCUT2D eigenvalue weighted by atomic mass is 32.1. The average molecular weight is 439 g/mol. The number of aryl methyl sites for hydroxylation is 1. The van der Waals surface area contributed by atoms with E-state index in [1.54, 1.807) is 22.7 Å². The van der Waals surface area contributed by atoms with Gasteiger partial charge < -0.3 is 5.32 Å². The fraction of sp³-hybridized carbons (Fsp3) is 0.100. The molecule has 0 aliphatic rings. The molecule has 5 aromatic rings. The third-order valence-electron chi connectivity index (χ3n) is 4.44. The minimum atomic E-state index is -0.276. The van der Waals surface area contributed by atoms with Crippen LogP contribution in [-0.4, -0.2) is 20.4 Å². The summed E-state index contributed by atoms with van der Waals surface area (Å²) in [7, 11) is 0. The van der Waals surface area contributed by atoms with Crippen LogP contribution in [0.3, 0.4) is 0 Å². The van der Waals surface area contributed by atoms with Crippen molar-refractivity contribution in [3.05, 3.63) is 62.8 Å². The molecular formula is C20H14N4O2S3. The van der Waals surface area contributed by atoms with E-state index in [0.29, 0.717) is 15.9 Å². The van der Waals surface area contributed by atoms with E-state index >= 15 is 0 Å². The zero-order valence-corrected chi connectivity index (χ0v) is 17.7. The lowest BCUT2D eigenvalue weighted by Gasteiger charge is -2.07. The molecule has 29 heavy (non-hydrogen) atoms. The van der Waals surface area contributed by atoms with Gasteiger partial charge in [0.2, 0.25) is 5.91 Å². The number of anilines is 1. The normalized spacial score (nSPS) is 11.3. The van der Waals surface area contributed by atoms with E-state index in [4.69, 9.17) is 0 Å². The van der Waals surface area contributed by atoms with Crippen molar-refractivity contribution in [3.63, 3.8) is 0 Å². The second-order valence-corrected chi connectivity index (χ2v) is 9.49. The molecule has 0 aliphatic carbocycles. The van der Waals surface area contributed by atoms with Crippen LogP contribution in [0.2, 0.25) is 0 Å². The van der Waals surface area contributed by atoms with Gasteiger partial charge in [0.05, 0.1) is 26.9 Å². The summed E-state index contributed by atoms with van der Waals surface area (Å²) in [6.45, 7) is 1.86. The Labute approximate surface area is 177 Å². The van der Waals surface area contributed by atoms with Crippen LogP contribution >= 0.6 is 34.0 Å². The number of thiophene rings is 2. The molecule has 0 fully saturated rings. The van der Waals surface area contributed by atoms with E-state index in [1.807, 2.05) is 48.0 Å². The molecule has 9 heteroatoms. The second-order valence-electron chi connectivity index (χ2n) is 6.45. The fourth-order valence-corrected chi connectivity index (χ4v) is 5.75. The van der Waals surface area contributed by atoms with Gasteiger partial charge >= 0.3 is 0 Å². The summed E-state index contributed by atoms with van der Waals surface area (Å²) in [6, 6.07) is 9.53. The standard InChI is InChI=1S/C20H14N4O2S3/c1-11-22-14-5-4-12(7-16(14)29-11)23-17(25)8-24-10-21-19-18(20(24)26)13(9-28-19)15-3-2-6-27-15/h2-7,9-10H,8H2,1H3,(H,23,25). The lowest BCUT2D eigenvalue weighted by atomic mass is 10.2. The number of rotatable bonds is 4. The molecule has 4 aromatic heterocycles. The topological polar surface area (TPSA) is 76.9 Å².